The fourth-order valence-electron chi connectivity index (χ4n) is 3.99. The summed E-state index contributed by atoms with van der Waals surface area (Å²) in [4.78, 5) is 0.254. The van der Waals surface area contributed by atoms with Gasteiger partial charge >= 0.3 is 0 Å². The quantitative estimate of drug-likeness (QED) is 0.763. The third-order valence-corrected chi connectivity index (χ3v) is 6.71. The zero-order valence-corrected chi connectivity index (χ0v) is 15.5. The minimum absolute atomic E-state index is 0.0550. The topological polar surface area (TPSA) is 58.2 Å². The molecule has 1 heterocycles. The summed E-state index contributed by atoms with van der Waals surface area (Å²) in [5.74, 6) is 0.144. The van der Waals surface area contributed by atoms with Gasteiger partial charge in [-0.3, -0.25) is 0 Å². The van der Waals surface area contributed by atoms with Crippen molar-refractivity contribution in [1.82, 2.24) is 4.72 Å². The van der Waals surface area contributed by atoms with Crippen LogP contribution in [-0.4, -0.2) is 15.0 Å². The van der Waals surface area contributed by atoms with Gasteiger partial charge in [0.1, 0.15) is 5.82 Å². The van der Waals surface area contributed by atoms with Crippen LogP contribution in [0, 0.1) is 11.7 Å². The Morgan fingerprint density at radius 2 is 2.00 bits per heavy atom. The number of halogens is 1. The van der Waals surface area contributed by atoms with E-state index in [-0.39, 0.29) is 35.1 Å². The maximum atomic E-state index is 13.3. The zero-order chi connectivity index (χ0) is 19.0. The van der Waals surface area contributed by atoms with Crippen molar-refractivity contribution in [3.63, 3.8) is 0 Å². The lowest BCUT2D eigenvalue weighted by Crippen LogP contribution is -2.30. The fourth-order valence-corrected chi connectivity index (χ4v) is 5.02. The molecule has 0 fully saturated rings. The first kappa shape index (κ1) is 17.9. The van der Waals surface area contributed by atoms with Crippen molar-refractivity contribution in [1.29, 1.82) is 0 Å². The highest BCUT2D eigenvalue weighted by Crippen LogP contribution is 2.50. The molecule has 0 bridgehead atoms. The largest absolute Gasteiger partial charge is 0.378 e. The van der Waals surface area contributed by atoms with E-state index < -0.39 is 10.0 Å². The molecular formula is C21H21FN2O2S. The van der Waals surface area contributed by atoms with Gasteiger partial charge in [0.25, 0.3) is 0 Å². The third kappa shape index (κ3) is 3.31. The predicted molar refractivity (Wildman–Crippen MR) is 105 cm³/mol. The average molecular weight is 384 g/mol. The van der Waals surface area contributed by atoms with Gasteiger partial charge in [-0.05, 0) is 53.8 Å². The Kier molecular flexibility index (Phi) is 4.61. The first-order valence-corrected chi connectivity index (χ1v) is 10.4. The summed E-state index contributed by atoms with van der Waals surface area (Å²) in [6.07, 6.45) is 6.69. The van der Waals surface area contributed by atoms with Gasteiger partial charge in [-0.15, -0.1) is 6.58 Å². The van der Waals surface area contributed by atoms with Gasteiger partial charge in [0.2, 0.25) is 10.0 Å². The van der Waals surface area contributed by atoms with Crippen molar-refractivity contribution in [2.24, 2.45) is 5.92 Å². The standard InChI is InChI=1S/C21H21FN2O2S/c1-2-12-23-27(25,26)16-10-11-20-19(13-16)17-4-3-5-18(17)21(24-20)14-6-8-15(22)9-7-14/h2-4,6-11,13,17-18,21,23-24H,1,5,12H2. The van der Waals surface area contributed by atoms with Crippen LogP contribution in [-0.2, 0) is 10.0 Å². The second-order valence-electron chi connectivity index (χ2n) is 6.92. The second kappa shape index (κ2) is 6.94. The average Bonchev–Trinajstić information content (AvgIpc) is 3.16. The van der Waals surface area contributed by atoms with Crippen molar-refractivity contribution < 1.29 is 12.8 Å². The molecule has 3 unspecified atom stereocenters. The molecule has 140 valence electrons. The molecule has 0 amide bonds. The van der Waals surface area contributed by atoms with E-state index in [2.05, 4.69) is 28.8 Å². The fraction of sp³-hybridized carbons (Fsp3) is 0.238. The summed E-state index contributed by atoms with van der Waals surface area (Å²) in [7, 11) is -3.57. The molecular weight excluding hydrogens is 363 g/mol. The number of nitrogens with one attached hydrogen (secondary N) is 2. The van der Waals surface area contributed by atoms with Gasteiger partial charge in [-0.25, -0.2) is 17.5 Å². The summed E-state index contributed by atoms with van der Waals surface area (Å²) in [5, 5.41) is 3.53. The van der Waals surface area contributed by atoms with Crippen LogP contribution in [0.15, 0.2) is 72.2 Å². The predicted octanol–water partition coefficient (Wildman–Crippen LogP) is 4.12. The molecule has 6 heteroatoms. The number of sulfonamides is 1. The number of allylic oxidation sites excluding steroid dienone is 2. The van der Waals surface area contributed by atoms with Gasteiger partial charge in [0.15, 0.2) is 0 Å². The van der Waals surface area contributed by atoms with E-state index in [0.29, 0.717) is 0 Å². The number of benzene rings is 2. The van der Waals surface area contributed by atoms with Crippen molar-refractivity contribution in [3.8, 4) is 0 Å². The number of fused-ring (bicyclic) bond motifs is 3. The lowest BCUT2D eigenvalue weighted by atomic mass is 9.77. The summed E-state index contributed by atoms with van der Waals surface area (Å²) in [5.41, 5.74) is 2.93. The molecule has 4 nitrogen and oxygen atoms in total. The van der Waals surface area contributed by atoms with Crippen LogP contribution in [0.25, 0.3) is 0 Å². The van der Waals surface area contributed by atoms with Gasteiger partial charge < -0.3 is 5.32 Å². The van der Waals surface area contributed by atoms with E-state index in [1.165, 1.54) is 18.2 Å². The highest BCUT2D eigenvalue weighted by Gasteiger charge is 2.38. The molecule has 0 saturated carbocycles. The van der Waals surface area contributed by atoms with E-state index in [1.807, 2.05) is 18.2 Å². The molecule has 27 heavy (non-hydrogen) atoms. The lowest BCUT2D eigenvalue weighted by molar-refractivity contribution is 0.424. The Morgan fingerprint density at radius 1 is 1.22 bits per heavy atom. The maximum Gasteiger partial charge on any atom is 0.240 e. The number of rotatable bonds is 5. The minimum atomic E-state index is -3.57. The third-order valence-electron chi connectivity index (χ3n) is 5.29. The molecule has 1 aliphatic heterocycles. The van der Waals surface area contributed by atoms with E-state index >= 15 is 0 Å². The normalized spacial score (nSPS) is 23.4. The molecule has 0 aromatic heterocycles. The summed E-state index contributed by atoms with van der Waals surface area (Å²) in [6, 6.07) is 11.8. The van der Waals surface area contributed by atoms with Crippen molar-refractivity contribution >= 4 is 15.7 Å². The Labute approximate surface area is 158 Å². The number of hydrogen-bond acceptors (Lipinski definition) is 3. The Hall–Kier alpha value is -2.44. The lowest BCUT2D eigenvalue weighted by Gasteiger charge is -2.37. The number of anilines is 1. The van der Waals surface area contributed by atoms with Crippen LogP contribution in [0.2, 0.25) is 0 Å². The smallest absolute Gasteiger partial charge is 0.240 e. The number of hydrogen-bond donors (Lipinski definition) is 2. The van der Waals surface area contributed by atoms with Gasteiger partial charge in [-0.1, -0.05) is 30.4 Å². The Bertz CT molecular complexity index is 999. The van der Waals surface area contributed by atoms with E-state index in [9.17, 15) is 12.8 Å². The molecule has 1 aliphatic carbocycles. The van der Waals surface area contributed by atoms with Crippen molar-refractivity contribution in [3.05, 3.63) is 84.2 Å². The molecule has 2 aromatic carbocycles. The first-order valence-electron chi connectivity index (χ1n) is 8.93. The van der Waals surface area contributed by atoms with Crippen LogP contribution < -0.4 is 10.0 Å². The van der Waals surface area contributed by atoms with Crippen LogP contribution in [0.5, 0.6) is 0 Å². The summed E-state index contributed by atoms with van der Waals surface area (Å²) >= 11 is 0. The molecule has 2 N–H and O–H groups in total. The van der Waals surface area contributed by atoms with Crippen LogP contribution in [0.3, 0.4) is 0 Å². The summed E-state index contributed by atoms with van der Waals surface area (Å²) < 4.78 is 40.7. The zero-order valence-electron chi connectivity index (χ0n) is 14.7. The molecule has 4 rings (SSSR count). The van der Waals surface area contributed by atoms with Crippen LogP contribution >= 0.6 is 0 Å². The highest BCUT2D eigenvalue weighted by atomic mass is 32.2. The van der Waals surface area contributed by atoms with E-state index in [4.69, 9.17) is 0 Å². The second-order valence-corrected chi connectivity index (χ2v) is 8.68. The SMILES string of the molecule is C=CCNS(=O)(=O)c1ccc2c(c1)C1C=CCC1C(c1ccc(F)cc1)N2. The van der Waals surface area contributed by atoms with Crippen molar-refractivity contribution in [2.45, 2.75) is 23.3 Å². The van der Waals surface area contributed by atoms with Crippen molar-refractivity contribution in [2.75, 3.05) is 11.9 Å². The summed E-state index contributed by atoms with van der Waals surface area (Å²) in [6.45, 7) is 3.73. The molecule has 0 saturated heterocycles. The minimum Gasteiger partial charge on any atom is -0.378 e. The molecule has 2 aliphatic rings. The highest BCUT2D eigenvalue weighted by molar-refractivity contribution is 7.89. The Balaban J connectivity index is 1.71. The van der Waals surface area contributed by atoms with Gasteiger partial charge in [0.05, 0.1) is 10.9 Å². The molecule has 0 spiro atoms. The van der Waals surface area contributed by atoms with Gasteiger partial charge in [-0.2, -0.15) is 0 Å². The van der Waals surface area contributed by atoms with Crippen LogP contribution in [0.1, 0.15) is 29.5 Å². The van der Waals surface area contributed by atoms with Gasteiger partial charge in [0, 0.05) is 18.2 Å². The molecule has 2 aromatic rings. The first-order chi connectivity index (χ1) is 13.0. The Morgan fingerprint density at radius 3 is 2.74 bits per heavy atom. The van der Waals surface area contributed by atoms with E-state index in [1.54, 1.807) is 12.1 Å². The molecule has 0 radical (unpaired) electrons. The van der Waals surface area contributed by atoms with E-state index in [0.717, 1.165) is 23.2 Å². The maximum absolute atomic E-state index is 13.3. The molecule has 3 atom stereocenters. The van der Waals surface area contributed by atoms with Crippen LogP contribution in [0.4, 0.5) is 10.1 Å². The monoisotopic (exact) mass is 384 g/mol.